The van der Waals surface area contributed by atoms with E-state index < -0.39 is 12.0 Å². The number of carbonyl (C=O) groups is 1. The van der Waals surface area contributed by atoms with Crippen molar-refractivity contribution in [2.75, 3.05) is 13.6 Å². The third kappa shape index (κ3) is 2.88. The molecule has 0 spiro atoms. The van der Waals surface area contributed by atoms with E-state index in [0.717, 1.165) is 18.7 Å². The first kappa shape index (κ1) is 10.8. The van der Waals surface area contributed by atoms with Crippen LogP contribution < -0.4 is 0 Å². The number of likely N-dealkylation sites (N-methyl/N-ethyl adjacent to an activating group) is 1. The summed E-state index contributed by atoms with van der Waals surface area (Å²) < 4.78 is 0. The van der Waals surface area contributed by atoms with E-state index in [4.69, 9.17) is 5.11 Å². The molecule has 0 saturated heterocycles. The summed E-state index contributed by atoms with van der Waals surface area (Å²) in [5, 5.41) is 8.76. The second-order valence-corrected chi connectivity index (χ2v) is 3.44. The molecule has 0 aliphatic carbocycles. The number of aliphatic carboxylic acids is 1. The van der Waals surface area contributed by atoms with E-state index >= 15 is 0 Å². The van der Waals surface area contributed by atoms with E-state index in [1.54, 1.807) is 6.92 Å². The molecule has 4 nitrogen and oxygen atoms in total. The number of H-pyrrole nitrogens is 1. The van der Waals surface area contributed by atoms with Crippen LogP contribution in [-0.2, 0) is 11.2 Å². The van der Waals surface area contributed by atoms with Crippen LogP contribution in [0.5, 0.6) is 0 Å². The Morgan fingerprint density at radius 1 is 1.71 bits per heavy atom. The Hall–Kier alpha value is -1.29. The highest BCUT2D eigenvalue weighted by Crippen LogP contribution is 2.00. The predicted octanol–water partition coefficient (Wildman–Crippen LogP) is 0.962. The number of hydrogen-bond donors (Lipinski definition) is 2. The monoisotopic (exact) mass is 196 g/mol. The van der Waals surface area contributed by atoms with Gasteiger partial charge in [-0.1, -0.05) is 0 Å². The molecular weight excluding hydrogens is 180 g/mol. The minimum absolute atomic E-state index is 0.426. The zero-order valence-electron chi connectivity index (χ0n) is 8.53. The third-order valence-electron chi connectivity index (χ3n) is 2.41. The summed E-state index contributed by atoms with van der Waals surface area (Å²) in [5.41, 5.74) is 1.13. The Bertz CT molecular complexity index is 282. The van der Waals surface area contributed by atoms with Crippen LogP contribution >= 0.6 is 0 Å². The van der Waals surface area contributed by atoms with Gasteiger partial charge in [-0.3, -0.25) is 9.69 Å². The molecule has 0 radical (unpaired) electrons. The zero-order chi connectivity index (χ0) is 10.6. The summed E-state index contributed by atoms with van der Waals surface area (Å²) in [4.78, 5) is 15.6. The fourth-order valence-electron chi connectivity index (χ4n) is 1.20. The average Bonchev–Trinajstić information content (AvgIpc) is 2.65. The molecule has 0 fully saturated rings. The minimum Gasteiger partial charge on any atom is -0.480 e. The molecule has 78 valence electrons. The van der Waals surface area contributed by atoms with Crippen molar-refractivity contribution in [3.63, 3.8) is 0 Å². The largest absolute Gasteiger partial charge is 0.480 e. The van der Waals surface area contributed by atoms with Crippen molar-refractivity contribution in [1.29, 1.82) is 0 Å². The van der Waals surface area contributed by atoms with Crippen molar-refractivity contribution in [2.45, 2.75) is 19.4 Å². The van der Waals surface area contributed by atoms with Crippen LogP contribution in [0.25, 0.3) is 0 Å². The van der Waals surface area contributed by atoms with Gasteiger partial charge in [0.1, 0.15) is 6.04 Å². The maximum Gasteiger partial charge on any atom is 0.320 e. The van der Waals surface area contributed by atoms with Crippen LogP contribution in [-0.4, -0.2) is 40.6 Å². The van der Waals surface area contributed by atoms with E-state index in [1.165, 1.54) is 0 Å². The van der Waals surface area contributed by atoms with Gasteiger partial charge in [0.15, 0.2) is 0 Å². The lowest BCUT2D eigenvalue weighted by Crippen LogP contribution is -2.37. The molecule has 1 heterocycles. The molecule has 2 N–H and O–H groups in total. The fourth-order valence-corrected chi connectivity index (χ4v) is 1.20. The molecule has 1 atom stereocenters. The summed E-state index contributed by atoms with van der Waals surface area (Å²) in [5.74, 6) is -0.779. The molecule has 0 aliphatic heterocycles. The predicted molar refractivity (Wildman–Crippen MR) is 54.2 cm³/mol. The molecule has 1 aromatic heterocycles. The molecule has 1 unspecified atom stereocenters. The van der Waals surface area contributed by atoms with Crippen molar-refractivity contribution >= 4 is 5.97 Å². The zero-order valence-corrected chi connectivity index (χ0v) is 8.53. The lowest BCUT2D eigenvalue weighted by Gasteiger charge is -2.20. The number of aromatic nitrogens is 1. The molecule has 0 bridgehead atoms. The van der Waals surface area contributed by atoms with Gasteiger partial charge in [-0.2, -0.15) is 0 Å². The first-order chi connectivity index (χ1) is 6.61. The summed E-state index contributed by atoms with van der Waals surface area (Å²) >= 11 is 0. The number of carboxylic acids is 1. The minimum atomic E-state index is -0.779. The lowest BCUT2D eigenvalue weighted by molar-refractivity contribution is -0.142. The van der Waals surface area contributed by atoms with Crippen LogP contribution in [0.3, 0.4) is 0 Å². The van der Waals surface area contributed by atoms with Crippen molar-refractivity contribution < 1.29 is 9.90 Å². The van der Waals surface area contributed by atoms with Gasteiger partial charge in [0.25, 0.3) is 0 Å². The number of carboxylic acid groups (broad SMARTS) is 1. The number of aromatic amines is 1. The van der Waals surface area contributed by atoms with E-state index in [2.05, 4.69) is 4.98 Å². The van der Waals surface area contributed by atoms with E-state index in [1.807, 2.05) is 30.3 Å². The first-order valence-corrected chi connectivity index (χ1v) is 4.66. The Morgan fingerprint density at radius 2 is 2.43 bits per heavy atom. The number of nitrogens with one attached hydrogen (secondary N) is 1. The topological polar surface area (TPSA) is 56.3 Å². The summed E-state index contributed by atoms with van der Waals surface area (Å²) in [6, 6.07) is 3.51. The average molecular weight is 196 g/mol. The van der Waals surface area contributed by atoms with Gasteiger partial charge in [-0.15, -0.1) is 0 Å². The molecule has 0 amide bonds. The molecule has 1 aromatic rings. The molecule has 0 saturated carbocycles. The van der Waals surface area contributed by atoms with E-state index in [-0.39, 0.29) is 0 Å². The maximum absolute atomic E-state index is 10.7. The van der Waals surface area contributed by atoms with Gasteiger partial charge >= 0.3 is 5.97 Å². The van der Waals surface area contributed by atoms with Gasteiger partial charge in [0.05, 0.1) is 0 Å². The van der Waals surface area contributed by atoms with Crippen LogP contribution in [0.2, 0.25) is 0 Å². The van der Waals surface area contributed by atoms with Gasteiger partial charge in [-0.05, 0) is 26.1 Å². The second kappa shape index (κ2) is 4.81. The summed E-state index contributed by atoms with van der Waals surface area (Å²) in [6.45, 7) is 2.44. The van der Waals surface area contributed by atoms with Crippen molar-refractivity contribution in [2.24, 2.45) is 0 Å². The standard InChI is InChI=1S/C10H16N2O2/c1-8(10(13)14)12(2)7-5-9-4-3-6-11-9/h3-4,6,8,11H,5,7H2,1-2H3,(H,13,14). The van der Waals surface area contributed by atoms with Crippen molar-refractivity contribution in [3.05, 3.63) is 24.0 Å². The van der Waals surface area contributed by atoms with Crippen LogP contribution in [0, 0.1) is 0 Å². The van der Waals surface area contributed by atoms with Crippen molar-refractivity contribution in [1.82, 2.24) is 9.88 Å². The highest BCUT2D eigenvalue weighted by molar-refractivity contribution is 5.72. The highest BCUT2D eigenvalue weighted by Gasteiger charge is 2.15. The third-order valence-corrected chi connectivity index (χ3v) is 2.41. The molecule has 0 aliphatic rings. The van der Waals surface area contributed by atoms with Crippen LogP contribution in [0.1, 0.15) is 12.6 Å². The molecular formula is C10H16N2O2. The van der Waals surface area contributed by atoms with Gasteiger partial charge in [0.2, 0.25) is 0 Å². The van der Waals surface area contributed by atoms with E-state index in [0.29, 0.717) is 0 Å². The van der Waals surface area contributed by atoms with Crippen molar-refractivity contribution in [3.8, 4) is 0 Å². The molecule has 14 heavy (non-hydrogen) atoms. The van der Waals surface area contributed by atoms with Gasteiger partial charge in [-0.25, -0.2) is 0 Å². The Kier molecular flexibility index (Phi) is 3.71. The molecule has 0 aromatic carbocycles. The first-order valence-electron chi connectivity index (χ1n) is 4.66. The number of hydrogen-bond acceptors (Lipinski definition) is 2. The van der Waals surface area contributed by atoms with Crippen LogP contribution in [0.15, 0.2) is 18.3 Å². The smallest absolute Gasteiger partial charge is 0.320 e. The second-order valence-electron chi connectivity index (χ2n) is 3.44. The maximum atomic E-state index is 10.7. The van der Waals surface area contributed by atoms with Gasteiger partial charge in [0, 0.05) is 24.9 Å². The van der Waals surface area contributed by atoms with Crippen LogP contribution in [0.4, 0.5) is 0 Å². The highest BCUT2D eigenvalue weighted by atomic mass is 16.4. The molecule has 1 rings (SSSR count). The quantitative estimate of drug-likeness (QED) is 0.737. The Balaban J connectivity index is 2.34. The Labute approximate surface area is 83.5 Å². The Morgan fingerprint density at radius 3 is 2.93 bits per heavy atom. The summed E-state index contributed by atoms with van der Waals surface area (Å²) in [7, 11) is 1.82. The fraction of sp³-hybridized carbons (Fsp3) is 0.500. The number of rotatable bonds is 5. The number of nitrogens with zero attached hydrogens (tertiary/aromatic N) is 1. The SMILES string of the molecule is CC(C(=O)O)N(C)CCc1ccc[nH]1. The van der Waals surface area contributed by atoms with E-state index in [9.17, 15) is 4.79 Å². The van der Waals surface area contributed by atoms with Gasteiger partial charge < -0.3 is 10.1 Å². The normalized spacial score (nSPS) is 13.1. The summed E-state index contributed by atoms with van der Waals surface area (Å²) in [6.07, 6.45) is 2.72. The lowest BCUT2D eigenvalue weighted by atomic mass is 10.2. The molecule has 4 heteroatoms.